The molecule has 0 unspecified atom stereocenters. The van der Waals surface area contributed by atoms with Crippen LogP contribution in [0.15, 0.2) is 35.6 Å². The van der Waals surface area contributed by atoms with Gasteiger partial charge in [0.1, 0.15) is 5.76 Å². The second-order valence-corrected chi connectivity index (χ2v) is 6.95. The highest BCUT2D eigenvalue weighted by Crippen LogP contribution is 2.62. The number of hydrogen-bond donors (Lipinski definition) is 0. The Morgan fingerprint density at radius 1 is 1.20 bits per heavy atom. The van der Waals surface area contributed by atoms with Gasteiger partial charge in [0.25, 0.3) is 0 Å². The number of nitrogens with zero attached hydrogens (tertiary/aromatic N) is 1. The third-order valence-electron chi connectivity index (χ3n) is 6.16. The van der Waals surface area contributed by atoms with Crippen LogP contribution in [0.25, 0.3) is 0 Å². The highest BCUT2D eigenvalue weighted by atomic mass is 35.5. The molecule has 0 aromatic heterocycles. The predicted octanol–water partition coefficient (Wildman–Crippen LogP) is 2.02. The van der Waals surface area contributed by atoms with Gasteiger partial charge in [-0.3, -0.25) is 4.90 Å². The minimum atomic E-state index is -0.0747. The normalized spacial score (nSPS) is 30.7. The molecule has 4 aliphatic rings. The van der Waals surface area contributed by atoms with E-state index in [1.807, 2.05) is 6.07 Å². The zero-order chi connectivity index (χ0) is 15.8. The molecular weight excluding hydrogens is 342 g/mol. The lowest BCUT2D eigenvalue weighted by Gasteiger charge is -2.52. The van der Waals surface area contributed by atoms with Crippen LogP contribution in [0.1, 0.15) is 17.5 Å². The van der Waals surface area contributed by atoms with Gasteiger partial charge in [-0.2, -0.15) is 0 Å². The summed E-state index contributed by atoms with van der Waals surface area (Å²) in [6.07, 6.45) is 6.41. The lowest BCUT2D eigenvalue weighted by atomic mass is 9.57. The van der Waals surface area contributed by atoms with Crippen LogP contribution in [-0.2, 0) is 16.6 Å². The van der Waals surface area contributed by atoms with E-state index in [0.29, 0.717) is 6.04 Å². The molecule has 2 aliphatic carbocycles. The van der Waals surface area contributed by atoms with E-state index in [-0.39, 0.29) is 29.4 Å². The SMILES string of the molecule is COC1=CC=C2[C@H]3Cc4ccc(OC)c5c4[C@@]2(CCN3C)[C@H]1O5.Cl.O. The molecule has 136 valence electrons. The molecule has 5 rings (SSSR count). The monoisotopic (exact) mass is 365 g/mol. The fourth-order valence-corrected chi connectivity index (χ4v) is 5.10. The molecule has 25 heavy (non-hydrogen) atoms. The first-order valence-corrected chi connectivity index (χ1v) is 8.24. The maximum Gasteiger partial charge on any atom is 0.169 e. The maximum atomic E-state index is 6.46. The van der Waals surface area contributed by atoms with E-state index in [2.05, 4.69) is 30.2 Å². The van der Waals surface area contributed by atoms with Crippen LogP contribution in [-0.4, -0.2) is 50.3 Å². The summed E-state index contributed by atoms with van der Waals surface area (Å²) < 4.78 is 17.7. The van der Waals surface area contributed by atoms with Crippen LogP contribution in [0.5, 0.6) is 11.5 Å². The number of methoxy groups -OCH3 is 2. The second-order valence-electron chi connectivity index (χ2n) is 6.95. The lowest BCUT2D eigenvalue weighted by molar-refractivity contribution is 0.0734. The van der Waals surface area contributed by atoms with Crippen LogP contribution in [0.3, 0.4) is 0 Å². The minimum absolute atomic E-state index is 0. The van der Waals surface area contributed by atoms with Gasteiger partial charge in [-0.25, -0.2) is 0 Å². The van der Waals surface area contributed by atoms with E-state index >= 15 is 0 Å². The van der Waals surface area contributed by atoms with Crippen molar-refractivity contribution in [3.05, 3.63) is 46.7 Å². The number of hydrogen-bond acceptors (Lipinski definition) is 4. The zero-order valence-electron chi connectivity index (χ0n) is 14.7. The summed E-state index contributed by atoms with van der Waals surface area (Å²) in [5.74, 6) is 2.68. The molecular formula is C19H24ClNO4. The number of ether oxygens (including phenoxy) is 3. The molecule has 0 amide bonds. The Balaban J connectivity index is 0.000000911. The molecule has 5 nitrogen and oxygen atoms in total. The summed E-state index contributed by atoms with van der Waals surface area (Å²) in [6.45, 7) is 1.08. The molecule has 3 atom stereocenters. The Morgan fingerprint density at radius 2 is 2.00 bits per heavy atom. The van der Waals surface area contributed by atoms with E-state index < -0.39 is 0 Å². The van der Waals surface area contributed by atoms with Crippen molar-refractivity contribution in [1.82, 2.24) is 4.90 Å². The summed E-state index contributed by atoms with van der Waals surface area (Å²) in [6, 6.07) is 4.72. The first-order valence-electron chi connectivity index (χ1n) is 8.24. The van der Waals surface area contributed by atoms with Crippen molar-refractivity contribution in [2.45, 2.75) is 30.4 Å². The lowest BCUT2D eigenvalue weighted by Crippen LogP contribution is -2.58. The minimum Gasteiger partial charge on any atom is -0.497 e. The molecule has 1 aromatic carbocycles. The molecule has 2 bridgehead atoms. The molecule has 2 N–H and O–H groups in total. The van der Waals surface area contributed by atoms with Gasteiger partial charge in [0.05, 0.1) is 19.6 Å². The van der Waals surface area contributed by atoms with Crippen molar-refractivity contribution in [3.63, 3.8) is 0 Å². The fraction of sp³-hybridized carbons (Fsp3) is 0.474. The number of piperidine rings is 1. The van der Waals surface area contributed by atoms with Crippen molar-refractivity contribution in [3.8, 4) is 11.5 Å². The first-order chi connectivity index (χ1) is 11.2. The summed E-state index contributed by atoms with van der Waals surface area (Å²) >= 11 is 0. The molecule has 1 spiro atoms. The van der Waals surface area contributed by atoms with E-state index in [1.165, 1.54) is 16.7 Å². The first kappa shape index (κ1) is 18.1. The topological polar surface area (TPSA) is 62.4 Å². The predicted molar refractivity (Wildman–Crippen MR) is 97.9 cm³/mol. The number of halogens is 1. The number of benzene rings is 1. The van der Waals surface area contributed by atoms with Crippen molar-refractivity contribution in [2.24, 2.45) is 0 Å². The van der Waals surface area contributed by atoms with E-state index in [4.69, 9.17) is 14.2 Å². The van der Waals surface area contributed by atoms with Gasteiger partial charge in [0, 0.05) is 11.6 Å². The molecule has 1 fully saturated rings. The maximum absolute atomic E-state index is 6.46. The molecule has 2 aliphatic heterocycles. The second kappa shape index (κ2) is 5.94. The summed E-state index contributed by atoms with van der Waals surface area (Å²) in [5, 5.41) is 0. The third kappa shape index (κ3) is 1.97. The molecule has 2 heterocycles. The average molecular weight is 366 g/mol. The van der Waals surface area contributed by atoms with E-state index in [1.54, 1.807) is 14.2 Å². The van der Waals surface area contributed by atoms with Gasteiger partial charge in [-0.1, -0.05) is 12.1 Å². The Morgan fingerprint density at radius 3 is 2.72 bits per heavy atom. The van der Waals surface area contributed by atoms with E-state index in [0.717, 1.165) is 36.6 Å². The Bertz CT molecular complexity index is 775. The standard InChI is InChI=1S/C19H21NO3.ClH.H2O/c1-20-9-8-19-12-5-7-15(22-3)18(19)23-17-14(21-2)6-4-11(16(17)19)10-13(12)20;;/h4-7,13,18H,8-10H2,1-3H3;1H;1H2/t13-,18+,19+;;/m1../s1. The van der Waals surface area contributed by atoms with Crippen LogP contribution in [0.2, 0.25) is 0 Å². The summed E-state index contributed by atoms with van der Waals surface area (Å²) in [5.41, 5.74) is 4.15. The van der Waals surface area contributed by atoms with Crippen LogP contribution >= 0.6 is 12.4 Å². The van der Waals surface area contributed by atoms with Gasteiger partial charge in [-0.15, -0.1) is 12.4 Å². The zero-order valence-corrected chi connectivity index (χ0v) is 15.5. The number of likely N-dealkylation sites (tertiary alicyclic amines) is 1. The molecule has 1 aromatic rings. The molecule has 0 radical (unpaired) electrons. The average Bonchev–Trinajstić information content (AvgIpc) is 2.92. The van der Waals surface area contributed by atoms with Crippen molar-refractivity contribution < 1.29 is 19.7 Å². The number of rotatable bonds is 2. The summed E-state index contributed by atoms with van der Waals surface area (Å²) in [4.78, 5) is 2.48. The highest BCUT2D eigenvalue weighted by molar-refractivity contribution is 5.85. The Kier molecular flexibility index (Phi) is 4.30. The largest absolute Gasteiger partial charge is 0.497 e. The van der Waals surface area contributed by atoms with Gasteiger partial charge in [0.15, 0.2) is 17.6 Å². The van der Waals surface area contributed by atoms with E-state index in [9.17, 15) is 0 Å². The highest BCUT2D eigenvalue weighted by Gasteiger charge is 2.61. The summed E-state index contributed by atoms with van der Waals surface area (Å²) in [7, 11) is 5.68. The van der Waals surface area contributed by atoms with Crippen LogP contribution < -0.4 is 9.47 Å². The Labute approximate surface area is 154 Å². The van der Waals surface area contributed by atoms with Crippen LogP contribution in [0, 0.1) is 0 Å². The third-order valence-corrected chi connectivity index (χ3v) is 6.16. The van der Waals surface area contributed by atoms with Gasteiger partial charge in [0.2, 0.25) is 0 Å². The fourth-order valence-electron chi connectivity index (χ4n) is 5.10. The quantitative estimate of drug-likeness (QED) is 0.804. The molecule has 0 saturated carbocycles. The van der Waals surface area contributed by atoms with Crippen LogP contribution in [0.4, 0.5) is 0 Å². The Hall–Kier alpha value is -1.69. The molecule has 6 heteroatoms. The van der Waals surface area contributed by atoms with Gasteiger partial charge < -0.3 is 19.7 Å². The van der Waals surface area contributed by atoms with Gasteiger partial charge in [-0.05, 0) is 49.7 Å². The van der Waals surface area contributed by atoms with Crippen molar-refractivity contribution in [1.29, 1.82) is 0 Å². The molecule has 1 saturated heterocycles. The van der Waals surface area contributed by atoms with Crippen molar-refractivity contribution in [2.75, 3.05) is 27.8 Å². The van der Waals surface area contributed by atoms with Gasteiger partial charge >= 0.3 is 0 Å². The number of allylic oxidation sites excluding steroid dienone is 2. The number of likely N-dealkylation sites (N-methyl/N-ethyl adjacent to an activating group) is 1. The van der Waals surface area contributed by atoms with Crippen molar-refractivity contribution >= 4 is 12.4 Å². The smallest absolute Gasteiger partial charge is 0.169 e.